The van der Waals surface area contributed by atoms with Gasteiger partial charge in [0.2, 0.25) is 6.20 Å². The van der Waals surface area contributed by atoms with Crippen molar-refractivity contribution in [1.82, 2.24) is 14.5 Å². The molecule has 2 aromatic carbocycles. The maximum atomic E-state index is 4.43. The lowest BCUT2D eigenvalue weighted by atomic mass is 10.0. The van der Waals surface area contributed by atoms with E-state index in [0.29, 0.717) is 0 Å². The number of para-hydroxylation sites is 1. The number of aromatic nitrogens is 4. The molecule has 4 heteroatoms. The van der Waals surface area contributed by atoms with Crippen LogP contribution in [0.1, 0.15) is 18.5 Å². The molecule has 0 spiro atoms. The van der Waals surface area contributed by atoms with E-state index in [0.717, 1.165) is 0 Å². The van der Waals surface area contributed by atoms with E-state index in [2.05, 4.69) is 64.7 Å². The van der Waals surface area contributed by atoms with Gasteiger partial charge in [-0.1, -0.05) is 18.2 Å². The van der Waals surface area contributed by atoms with Gasteiger partial charge in [-0.3, -0.25) is 0 Å². The molecule has 0 fully saturated rings. The molecule has 0 saturated carbocycles. The second-order valence-corrected chi connectivity index (χ2v) is 5.76. The van der Waals surface area contributed by atoms with Crippen molar-refractivity contribution in [1.29, 1.82) is 0 Å². The van der Waals surface area contributed by atoms with Crippen LogP contribution in [0, 0.1) is 0 Å². The second kappa shape index (κ2) is 3.52. The molecule has 0 N–H and O–H groups in total. The maximum absolute atomic E-state index is 4.43. The van der Waals surface area contributed by atoms with E-state index in [1.807, 2.05) is 17.2 Å². The largest absolute Gasteiger partial charge is 0.343 e. The first kappa shape index (κ1) is 11.1. The van der Waals surface area contributed by atoms with Crippen molar-refractivity contribution in [2.75, 3.05) is 0 Å². The number of hydrogen-bond acceptors (Lipinski definition) is 1. The van der Waals surface area contributed by atoms with Crippen molar-refractivity contribution in [3.63, 3.8) is 0 Å². The molecule has 2 aromatic heterocycles. The van der Waals surface area contributed by atoms with Crippen molar-refractivity contribution < 1.29 is 4.68 Å². The summed E-state index contributed by atoms with van der Waals surface area (Å²) in [5.74, 6) is 0. The fourth-order valence-electron chi connectivity index (χ4n) is 3.63. The summed E-state index contributed by atoms with van der Waals surface area (Å²) in [6, 6.07) is 13.5. The highest BCUT2D eigenvalue weighted by molar-refractivity contribution is 6.08. The van der Waals surface area contributed by atoms with Gasteiger partial charge in [0, 0.05) is 40.1 Å². The molecule has 0 amide bonds. The molecule has 5 rings (SSSR count). The summed E-state index contributed by atoms with van der Waals surface area (Å²) in [5, 5.41) is 7.07. The monoisotopic (exact) mass is 275 g/mol. The molecule has 1 atom stereocenters. The molecule has 3 heterocycles. The van der Waals surface area contributed by atoms with Crippen LogP contribution in [0.5, 0.6) is 0 Å². The molecule has 0 aliphatic carbocycles. The smallest absolute Gasteiger partial charge is 0.206 e. The average molecular weight is 275 g/mol. The summed E-state index contributed by atoms with van der Waals surface area (Å²) in [4.78, 5) is 2.03. The van der Waals surface area contributed by atoms with E-state index in [9.17, 15) is 0 Å². The molecule has 102 valence electrons. The first-order valence-electron chi connectivity index (χ1n) is 7.22. The molecular formula is C17H15N4+. The van der Waals surface area contributed by atoms with Crippen LogP contribution in [0.15, 0.2) is 48.8 Å². The van der Waals surface area contributed by atoms with Crippen LogP contribution in [-0.4, -0.2) is 14.5 Å². The first-order chi connectivity index (χ1) is 10.3. The number of benzene rings is 2. The summed E-state index contributed by atoms with van der Waals surface area (Å²) in [7, 11) is 2.14. The van der Waals surface area contributed by atoms with Crippen LogP contribution in [0.3, 0.4) is 0 Å². The highest BCUT2D eigenvalue weighted by Crippen LogP contribution is 2.35. The van der Waals surface area contributed by atoms with Gasteiger partial charge in [0.15, 0.2) is 11.9 Å². The van der Waals surface area contributed by atoms with Gasteiger partial charge in [-0.05, 0) is 23.9 Å². The highest BCUT2D eigenvalue weighted by atomic mass is 15.6. The van der Waals surface area contributed by atoms with Gasteiger partial charge in [0.1, 0.15) is 6.04 Å². The van der Waals surface area contributed by atoms with Gasteiger partial charge >= 0.3 is 0 Å². The molecule has 0 saturated heterocycles. The third-order valence-corrected chi connectivity index (χ3v) is 4.72. The number of fused-ring (bicyclic) bond motifs is 6. The predicted molar refractivity (Wildman–Crippen MR) is 81.6 cm³/mol. The van der Waals surface area contributed by atoms with Crippen molar-refractivity contribution >= 4 is 21.8 Å². The lowest BCUT2D eigenvalue weighted by Crippen LogP contribution is -2.36. The SMILES string of the molecule is CC1c2cc3c4ccccc4n(C)c3cc2-[n+]2ccnn21. The summed E-state index contributed by atoms with van der Waals surface area (Å²) < 4.78 is 4.41. The molecular weight excluding hydrogens is 260 g/mol. The van der Waals surface area contributed by atoms with E-state index in [1.54, 1.807) is 0 Å². The van der Waals surface area contributed by atoms with Crippen LogP contribution in [0.25, 0.3) is 27.5 Å². The lowest BCUT2D eigenvalue weighted by molar-refractivity contribution is -0.682. The van der Waals surface area contributed by atoms with Crippen molar-refractivity contribution in [2.24, 2.45) is 7.05 Å². The minimum Gasteiger partial charge on any atom is -0.343 e. The zero-order valence-electron chi connectivity index (χ0n) is 12.0. The molecule has 1 aliphatic rings. The predicted octanol–water partition coefficient (Wildman–Crippen LogP) is 2.73. The quantitative estimate of drug-likeness (QED) is 0.453. The van der Waals surface area contributed by atoms with Gasteiger partial charge < -0.3 is 4.57 Å². The number of rotatable bonds is 0. The van der Waals surface area contributed by atoms with Crippen molar-refractivity contribution in [3.05, 3.63) is 54.4 Å². The Morgan fingerprint density at radius 1 is 1.10 bits per heavy atom. The Labute approximate surface area is 121 Å². The molecule has 0 radical (unpaired) electrons. The van der Waals surface area contributed by atoms with Crippen LogP contribution < -0.4 is 4.68 Å². The van der Waals surface area contributed by atoms with E-state index in [4.69, 9.17) is 0 Å². The molecule has 1 aliphatic heterocycles. The third-order valence-electron chi connectivity index (χ3n) is 4.72. The summed E-state index contributed by atoms with van der Waals surface area (Å²) in [6.45, 7) is 2.20. The minimum atomic E-state index is 0.276. The van der Waals surface area contributed by atoms with Crippen LogP contribution >= 0.6 is 0 Å². The van der Waals surface area contributed by atoms with Crippen LogP contribution in [-0.2, 0) is 7.05 Å². The normalized spacial score (nSPS) is 16.6. The standard InChI is InChI=1S/C17H15N4/c1-11-13-9-14-12-5-3-4-6-15(12)19(2)16(14)10-17(13)20-8-7-18-21(11)20/h3-11H,1-2H3/q+1. The van der Waals surface area contributed by atoms with Crippen LogP contribution in [0.2, 0.25) is 0 Å². The fourth-order valence-corrected chi connectivity index (χ4v) is 3.63. The Balaban J connectivity index is 1.97. The maximum Gasteiger partial charge on any atom is 0.206 e. The summed E-state index contributed by atoms with van der Waals surface area (Å²) in [6.07, 6.45) is 3.88. The van der Waals surface area contributed by atoms with Crippen LogP contribution in [0.4, 0.5) is 0 Å². The molecule has 4 nitrogen and oxygen atoms in total. The Morgan fingerprint density at radius 2 is 1.95 bits per heavy atom. The average Bonchev–Trinajstić information content (AvgIpc) is 3.16. The van der Waals surface area contributed by atoms with E-state index in [-0.39, 0.29) is 6.04 Å². The van der Waals surface area contributed by atoms with E-state index < -0.39 is 0 Å². The zero-order valence-corrected chi connectivity index (χ0v) is 12.0. The molecule has 4 aromatic rings. The molecule has 0 bridgehead atoms. The van der Waals surface area contributed by atoms with Gasteiger partial charge in [0.25, 0.3) is 0 Å². The number of nitrogens with zero attached hydrogens (tertiary/aromatic N) is 4. The number of hydrogen-bond donors (Lipinski definition) is 0. The van der Waals surface area contributed by atoms with E-state index >= 15 is 0 Å². The Hall–Kier alpha value is -2.62. The first-order valence-corrected chi connectivity index (χ1v) is 7.22. The zero-order chi connectivity index (χ0) is 14.1. The third kappa shape index (κ3) is 1.21. The van der Waals surface area contributed by atoms with Gasteiger partial charge in [-0.2, -0.15) is 0 Å². The van der Waals surface area contributed by atoms with Gasteiger partial charge in [-0.15, -0.1) is 4.68 Å². The van der Waals surface area contributed by atoms with Crippen molar-refractivity contribution in [2.45, 2.75) is 13.0 Å². The van der Waals surface area contributed by atoms with Gasteiger partial charge in [-0.25, -0.2) is 0 Å². The van der Waals surface area contributed by atoms with Crippen molar-refractivity contribution in [3.8, 4) is 5.69 Å². The number of aryl methyl sites for hydroxylation is 1. The highest BCUT2D eigenvalue weighted by Gasteiger charge is 2.32. The van der Waals surface area contributed by atoms with E-state index in [1.165, 1.54) is 33.1 Å². The Bertz CT molecular complexity index is 1020. The Morgan fingerprint density at radius 3 is 2.86 bits per heavy atom. The summed E-state index contributed by atoms with van der Waals surface area (Å²) in [5.41, 5.74) is 5.12. The van der Waals surface area contributed by atoms with Gasteiger partial charge in [0.05, 0.1) is 5.52 Å². The second-order valence-electron chi connectivity index (χ2n) is 5.76. The summed E-state index contributed by atoms with van der Waals surface area (Å²) >= 11 is 0. The minimum absolute atomic E-state index is 0.276. The molecule has 21 heavy (non-hydrogen) atoms. The topological polar surface area (TPSA) is 26.6 Å². The Kier molecular flexibility index (Phi) is 1.86. The lowest BCUT2D eigenvalue weighted by Gasteiger charge is -2.01. The molecule has 1 unspecified atom stereocenters. The fraction of sp³-hybridized carbons (Fsp3) is 0.176.